The number of rotatable bonds is 2. The van der Waals surface area contributed by atoms with Crippen LogP contribution in [-0.4, -0.2) is 18.3 Å². The van der Waals surface area contributed by atoms with Crippen molar-refractivity contribution in [1.29, 1.82) is 5.26 Å². The van der Waals surface area contributed by atoms with Gasteiger partial charge < -0.3 is 5.32 Å². The summed E-state index contributed by atoms with van der Waals surface area (Å²) >= 11 is 1.97. The van der Waals surface area contributed by atoms with Gasteiger partial charge in [0.15, 0.2) is 0 Å². The van der Waals surface area contributed by atoms with E-state index in [1.54, 1.807) is 0 Å². The van der Waals surface area contributed by atoms with Gasteiger partial charge in [0.05, 0.1) is 11.5 Å². The zero-order chi connectivity index (χ0) is 12.4. The smallest absolute Gasteiger partial charge is 0.0691 e. The van der Waals surface area contributed by atoms with E-state index in [1.165, 1.54) is 10.5 Å². The molecule has 1 aromatic carbocycles. The van der Waals surface area contributed by atoms with E-state index in [-0.39, 0.29) is 5.41 Å². The molecule has 94 valence electrons. The predicted octanol–water partition coefficient (Wildman–Crippen LogP) is 2.99. The third-order valence-electron chi connectivity index (χ3n) is 4.13. The van der Waals surface area contributed by atoms with Crippen molar-refractivity contribution in [3.8, 4) is 6.07 Å². The lowest BCUT2D eigenvalue weighted by atomic mass is 9.76. The molecule has 1 atom stereocenters. The second-order valence-corrected chi connectivity index (χ2v) is 6.74. The molecule has 1 fully saturated rings. The van der Waals surface area contributed by atoms with Gasteiger partial charge in [0, 0.05) is 10.1 Å². The standard InChI is InChI=1S/C15H18N2S/c16-11-15(5-7-17-8-6-15)10-13-9-12-3-1-2-4-14(12)18-13/h1-4,13,17H,5-10H2. The Labute approximate surface area is 113 Å². The minimum absolute atomic E-state index is 0.0784. The van der Waals surface area contributed by atoms with Crippen molar-refractivity contribution in [2.75, 3.05) is 13.1 Å². The number of nitriles is 1. The lowest BCUT2D eigenvalue weighted by Gasteiger charge is -2.33. The Hall–Kier alpha value is -0.980. The van der Waals surface area contributed by atoms with Crippen LogP contribution in [-0.2, 0) is 6.42 Å². The molecule has 0 aliphatic carbocycles. The summed E-state index contributed by atoms with van der Waals surface area (Å²) in [6.45, 7) is 2.00. The van der Waals surface area contributed by atoms with Gasteiger partial charge in [0.1, 0.15) is 0 Å². The molecule has 2 aliphatic heterocycles. The van der Waals surface area contributed by atoms with Crippen LogP contribution in [0.1, 0.15) is 24.8 Å². The molecule has 0 bridgehead atoms. The maximum Gasteiger partial charge on any atom is 0.0691 e. The molecule has 0 spiro atoms. The number of piperidine rings is 1. The van der Waals surface area contributed by atoms with E-state index < -0.39 is 0 Å². The molecule has 0 amide bonds. The maximum absolute atomic E-state index is 9.53. The molecule has 0 radical (unpaired) electrons. The van der Waals surface area contributed by atoms with Gasteiger partial charge >= 0.3 is 0 Å². The molecule has 0 saturated carbocycles. The van der Waals surface area contributed by atoms with E-state index in [2.05, 4.69) is 35.7 Å². The minimum atomic E-state index is -0.0784. The molecule has 18 heavy (non-hydrogen) atoms. The summed E-state index contributed by atoms with van der Waals surface area (Å²) < 4.78 is 0. The maximum atomic E-state index is 9.53. The average molecular weight is 258 g/mol. The van der Waals surface area contributed by atoms with Crippen molar-refractivity contribution in [1.82, 2.24) is 5.32 Å². The van der Waals surface area contributed by atoms with Crippen molar-refractivity contribution < 1.29 is 0 Å². The van der Waals surface area contributed by atoms with Crippen molar-refractivity contribution >= 4 is 11.8 Å². The highest BCUT2D eigenvalue weighted by atomic mass is 32.2. The van der Waals surface area contributed by atoms with E-state index in [0.717, 1.165) is 38.8 Å². The molecule has 2 nitrogen and oxygen atoms in total. The molecule has 1 aromatic rings. The molecular weight excluding hydrogens is 240 g/mol. The van der Waals surface area contributed by atoms with E-state index in [4.69, 9.17) is 0 Å². The number of hydrogen-bond acceptors (Lipinski definition) is 3. The quantitative estimate of drug-likeness (QED) is 0.886. The van der Waals surface area contributed by atoms with Gasteiger partial charge in [-0.25, -0.2) is 0 Å². The normalized spacial score (nSPS) is 25.4. The first-order chi connectivity index (χ1) is 8.81. The lowest BCUT2D eigenvalue weighted by molar-refractivity contribution is 0.261. The van der Waals surface area contributed by atoms with E-state index in [1.807, 2.05) is 11.8 Å². The van der Waals surface area contributed by atoms with Gasteiger partial charge in [-0.2, -0.15) is 5.26 Å². The van der Waals surface area contributed by atoms with Crippen molar-refractivity contribution in [2.45, 2.75) is 35.8 Å². The Balaban J connectivity index is 1.70. The largest absolute Gasteiger partial charge is 0.317 e. The third kappa shape index (κ3) is 2.28. The number of nitrogens with zero attached hydrogens (tertiary/aromatic N) is 1. The fraction of sp³-hybridized carbons (Fsp3) is 0.533. The molecule has 0 aromatic heterocycles. The molecule has 1 saturated heterocycles. The summed E-state index contributed by atoms with van der Waals surface area (Å²) in [5, 5.41) is 13.5. The zero-order valence-corrected chi connectivity index (χ0v) is 11.3. The topological polar surface area (TPSA) is 35.8 Å². The first-order valence-corrected chi connectivity index (χ1v) is 7.56. The number of hydrogen-bond donors (Lipinski definition) is 1. The summed E-state index contributed by atoms with van der Waals surface area (Å²) in [5.41, 5.74) is 1.39. The van der Waals surface area contributed by atoms with Crippen LogP contribution in [0.3, 0.4) is 0 Å². The van der Waals surface area contributed by atoms with Crippen LogP contribution in [0.4, 0.5) is 0 Å². The average Bonchev–Trinajstić information content (AvgIpc) is 2.81. The Bertz CT molecular complexity index is 447. The van der Waals surface area contributed by atoms with E-state index in [0.29, 0.717) is 5.25 Å². The van der Waals surface area contributed by atoms with Gasteiger partial charge in [0.25, 0.3) is 0 Å². The number of nitrogens with one attached hydrogen (secondary N) is 1. The van der Waals surface area contributed by atoms with Gasteiger partial charge in [-0.15, -0.1) is 11.8 Å². The Morgan fingerprint density at radius 3 is 2.83 bits per heavy atom. The summed E-state index contributed by atoms with van der Waals surface area (Å²) in [5.74, 6) is 0. The number of benzene rings is 1. The second-order valence-electron chi connectivity index (χ2n) is 5.40. The van der Waals surface area contributed by atoms with Gasteiger partial charge in [0.2, 0.25) is 0 Å². The highest BCUT2D eigenvalue weighted by Crippen LogP contribution is 2.44. The summed E-state index contributed by atoms with van der Waals surface area (Å²) in [7, 11) is 0. The van der Waals surface area contributed by atoms with Crippen LogP contribution >= 0.6 is 11.8 Å². The van der Waals surface area contributed by atoms with Crippen LogP contribution in [0.2, 0.25) is 0 Å². The Morgan fingerprint density at radius 2 is 2.11 bits per heavy atom. The second kappa shape index (κ2) is 4.95. The highest BCUT2D eigenvalue weighted by molar-refractivity contribution is 8.00. The van der Waals surface area contributed by atoms with Crippen LogP contribution < -0.4 is 5.32 Å². The molecule has 3 heteroatoms. The Morgan fingerprint density at radius 1 is 1.33 bits per heavy atom. The van der Waals surface area contributed by atoms with E-state index in [9.17, 15) is 5.26 Å². The Kier molecular flexibility index (Phi) is 3.32. The first-order valence-electron chi connectivity index (χ1n) is 6.68. The van der Waals surface area contributed by atoms with E-state index >= 15 is 0 Å². The van der Waals surface area contributed by atoms with Crippen LogP contribution in [0, 0.1) is 16.7 Å². The molecule has 2 aliphatic rings. The highest BCUT2D eigenvalue weighted by Gasteiger charge is 2.36. The van der Waals surface area contributed by atoms with Crippen molar-refractivity contribution in [3.63, 3.8) is 0 Å². The minimum Gasteiger partial charge on any atom is -0.317 e. The summed E-state index contributed by atoms with van der Waals surface area (Å²) in [4.78, 5) is 1.42. The predicted molar refractivity (Wildman–Crippen MR) is 74.6 cm³/mol. The molecule has 2 heterocycles. The fourth-order valence-corrected chi connectivity index (χ4v) is 4.55. The molecule has 1 N–H and O–H groups in total. The summed E-state index contributed by atoms with van der Waals surface area (Å²) in [6.07, 6.45) is 4.20. The third-order valence-corrected chi connectivity index (χ3v) is 5.45. The lowest BCUT2D eigenvalue weighted by Crippen LogP contribution is -2.37. The van der Waals surface area contributed by atoms with Crippen LogP contribution in [0.15, 0.2) is 29.2 Å². The van der Waals surface area contributed by atoms with Crippen LogP contribution in [0.25, 0.3) is 0 Å². The van der Waals surface area contributed by atoms with Gasteiger partial charge in [-0.05, 0) is 50.4 Å². The molecule has 1 unspecified atom stereocenters. The SMILES string of the molecule is N#CC1(CC2Cc3ccccc3S2)CCNCC1. The monoisotopic (exact) mass is 258 g/mol. The molecular formula is C15H18N2S. The number of fused-ring (bicyclic) bond motifs is 1. The van der Waals surface area contributed by atoms with Crippen molar-refractivity contribution in [2.24, 2.45) is 5.41 Å². The first kappa shape index (κ1) is 12.1. The number of thioether (sulfide) groups is 1. The van der Waals surface area contributed by atoms with Crippen molar-refractivity contribution in [3.05, 3.63) is 29.8 Å². The summed E-state index contributed by atoms with van der Waals surface area (Å²) in [6, 6.07) is 11.3. The van der Waals surface area contributed by atoms with Gasteiger partial charge in [-0.1, -0.05) is 18.2 Å². The zero-order valence-electron chi connectivity index (χ0n) is 10.5. The fourth-order valence-electron chi connectivity index (χ4n) is 3.07. The van der Waals surface area contributed by atoms with Crippen LogP contribution in [0.5, 0.6) is 0 Å². The van der Waals surface area contributed by atoms with Gasteiger partial charge in [-0.3, -0.25) is 0 Å². The molecule has 3 rings (SSSR count).